The maximum atomic E-state index is 11.4. The van der Waals surface area contributed by atoms with Crippen molar-refractivity contribution in [1.82, 2.24) is 5.16 Å². The first-order chi connectivity index (χ1) is 14.0. The van der Waals surface area contributed by atoms with Crippen molar-refractivity contribution in [3.63, 3.8) is 0 Å². The molecule has 0 saturated carbocycles. The van der Waals surface area contributed by atoms with E-state index in [4.69, 9.17) is 9.66 Å². The summed E-state index contributed by atoms with van der Waals surface area (Å²) in [5, 5.41) is 17.9. The normalized spacial score (nSPS) is 11.8. The molecule has 4 aromatic rings. The maximum absolute atomic E-state index is 11.4. The predicted octanol–water partition coefficient (Wildman–Crippen LogP) is 5.07. The van der Waals surface area contributed by atoms with Gasteiger partial charge in [-0.05, 0) is 24.3 Å². The van der Waals surface area contributed by atoms with Gasteiger partial charge in [0.1, 0.15) is 5.69 Å². The van der Waals surface area contributed by atoms with Crippen LogP contribution in [0, 0.1) is 0 Å². The zero-order valence-electron chi connectivity index (χ0n) is 15.1. The average molecular weight is 404 g/mol. The quantitative estimate of drug-likeness (QED) is 0.468. The summed E-state index contributed by atoms with van der Waals surface area (Å²) in [6.07, 6.45) is 0. The summed E-state index contributed by atoms with van der Waals surface area (Å²) in [7, 11) is -3.76. The van der Waals surface area contributed by atoms with E-state index in [2.05, 4.69) is 15.4 Å². The molecule has 0 amide bonds. The van der Waals surface area contributed by atoms with Crippen LogP contribution in [0.5, 0.6) is 0 Å². The average Bonchev–Trinajstić information content (AvgIpc) is 3.17. The van der Waals surface area contributed by atoms with E-state index in [0.717, 1.165) is 11.1 Å². The lowest BCUT2D eigenvalue weighted by molar-refractivity contribution is 0.435. The van der Waals surface area contributed by atoms with Crippen molar-refractivity contribution in [2.24, 2.45) is 15.4 Å². The van der Waals surface area contributed by atoms with Gasteiger partial charge in [-0.1, -0.05) is 65.8 Å². The van der Waals surface area contributed by atoms with Crippen LogP contribution in [0.15, 0.2) is 105 Å². The van der Waals surface area contributed by atoms with Crippen LogP contribution in [0.3, 0.4) is 0 Å². The van der Waals surface area contributed by atoms with Crippen LogP contribution >= 0.6 is 0 Å². The Morgan fingerprint density at radius 3 is 1.93 bits per heavy atom. The molecule has 7 nitrogen and oxygen atoms in total. The van der Waals surface area contributed by atoms with E-state index in [1.807, 2.05) is 60.7 Å². The molecule has 3 aromatic carbocycles. The molecule has 0 aliphatic heterocycles. The van der Waals surface area contributed by atoms with Gasteiger partial charge in [-0.15, -0.1) is 5.11 Å². The molecule has 2 N–H and O–H groups in total. The van der Waals surface area contributed by atoms with Gasteiger partial charge in [0.15, 0.2) is 11.4 Å². The fourth-order valence-corrected chi connectivity index (χ4v) is 3.27. The molecule has 144 valence electrons. The second-order valence-electron chi connectivity index (χ2n) is 6.18. The Hall–Kier alpha value is -3.62. The van der Waals surface area contributed by atoms with Crippen LogP contribution in [-0.4, -0.2) is 13.6 Å². The van der Waals surface area contributed by atoms with E-state index in [1.165, 1.54) is 24.3 Å². The Morgan fingerprint density at radius 1 is 0.759 bits per heavy atom. The molecular weight excluding hydrogens is 388 g/mol. The first-order valence-electron chi connectivity index (χ1n) is 8.67. The maximum Gasteiger partial charge on any atom is 0.238 e. The summed E-state index contributed by atoms with van der Waals surface area (Å²) in [5.41, 5.74) is 3.18. The molecule has 1 heterocycles. The van der Waals surface area contributed by atoms with Crippen molar-refractivity contribution in [2.45, 2.75) is 4.90 Å². The van der Waals surface area contributed by atoms with E-state index in [1.54, 1.807) is 0 Å². The highest BCUT2D eigenvalue weighted by Gasteiger charge is 2.19. The first kappa shape index (κ1) is 18.7. The Bertz CT molecular complexity index is 1190. The number of benzene rings is 3. The highest BCUT2D eigenvalue weighted by Crippen LogP contribution is 2.39. The summed E-state index contributed by atoms with van der Waals surface area (Å²) in [6, 6.07) is 24.9. The lowest BCUT2D eigenvalue weighted by atomic mass is 10.1. The van der Waals surface area contributed by atoms with Crippen molar-refractivity contribution in [1.29, 1.82) is 0 Å². The van der Waals surface area contributed by atoms with Crippen molar-refractivity contribution in [2.75, 3.05) is 0 Å². The van der Waals surface area contributed by atoms with E-state index in [-0.39, 0.29) is 4.90 Å². The Morgan fingerprint density at radius 2 is 1.34 bits per heavy atom. The number of hydrogen-bond donors (Lipinski definition) is 1. The van der Waals surface area contributed by atoms with Gasteiger partial charge in [-0.2, -0.15) is 5.11 Å². The number of aromatic nitrogens is 1. The molecule has 29 heavy (non-hydrogen) atoms. The molecule has 4 rings (SSSR count). The standard InChI is InChI=1S/C21H16N4O3S/c22-29(26,27)18-13-11-17(12-14-18)23-24-20-19(15-7-3-1-4-8-15)25-28-21(20)16-9-5-2-6-10-16/h1-14H,(H2,22,26,27). The topological polar surface area (TPSA) is 111 Å². The van der Waals surface area contributed by atoms with Gasteiger partial charge in [0.2, 0.25) is 10.0 Å². The molecule has 0 aliphatic rings. The highest BCUT2D eigenvalue weighted by atomic mass is 32.2. The van der Waals surface area contributed by atoms with Crippen LogP contribution in [0.1, 0.15) is 0 Å². The minimum atomic E-state index is -3.76. The predicted molar refractivity (Wildman–Crippen MR) is 109 cm³/mol. The SMILES string of the molecule is NS(=O)(=O)c1ccc(N=Nc2c(-c3ccccc3)noc2-c2ccccc2)cc1. The van der Waals surface area contributed by atoms with E-state index < -0.39 is 10.0 Å². The van der Waals surface area contributed by atoms with E-state index in [0.29, 0.717) is 22.8 Å². The number of primary sulfonamides is 1. The van der Waals surface area contributed by atoms with Gasteiger partial charge in [0.05, 0.1) is 10.6 Å². The minimum absolute atomic E-state index is 0.0105. The largest absolute Gasteiger partial charge is 0.353 e. The number of nitrogens with two attached hydrogens (primary N) is 1. The molecular formula is C21H16N4O3S. The number of azo groups is 1. The third kappa shape index (κ3) is 4.13. The van der Waals surface area contributed by atoms with Crippen LogP contribution in [0.25, 0.3) is 22.6 Å². The number of nitrogens with zero attached hydrogens (tertiary/aromatic N) is 3. The fourth-order valence-electron chi connectivity index (χ4n) is 2.75. The van der Waals surface area contributed by atoms with Gasteiger partial charge < -0.3 is 4.52 Å². The third-order valence-electron chi connectivity index (χ3n) is 4.18. The molecule has 0 aliphatic carbocycles. The lowest BCUT2D eigenvalue weighted by Gasteiger charge is -2.00. The van der Waals surface area contributed by atoms with Gasteiger partial charge in [0, 0.05) is 11.1 Å². The monoisotopic (exact) mass is 404 g/mol. The summed E-state index contributed by atoms with van der Waals surface area (Å²) in [6.45, 7) is 0. The molecule has 0 unspecified atom stereocenters. The van der Waals surface area contributed by atoms with Crippen LogP contribution in [-0.2, 0) is 10.0 Å². The van der Waals surface area contributed by atoms with Crippen LogP contribution in [0.2, 0.25) is 0 Å². The molecule has 0 spiro atoms. The molecule has 8 heteroatoms. The van der Waals surface area contributed by atoms with Crippen molar-refractivity contribution in [3.05, 3.63) is 84.9 Å². The van der Waals surface area contributed by atoms with Crippen molar-refractivity contribution >= 4 is 21.4 Å². The summed E-state index contributed by atoms with van der Waals surface area (Å²) in [4.78, 5) is 0.0105. The molecule has 0 fully saturated rings. The summed E-state index contributed by atoms with van der Waals surface area (Å²) in [5.74, 6) is 0.495. The van der Waals surface area contributed by atoms with Crippen LogP contribution in [0.4, 0.5) is 11.4 Å². The van der Waals surface area contributed by atoms with Gasteiger partial charge in [-0.25, -0.2) is 13.6 Å². The number of sulfonamides is 1. The Kier molecular flexibility index (Phi) is 5.03. The lowest BCUT2D eigenvalue weighted by Crippen LogP contribution is -2.11. The summed E-state index contributed by atoms with van der Waals surface area (Å²) < 4.78 is 28.4. The first-order valence-corrected chi connectivity index (χ1v) is 10.2. The smallest absolute Gasteiger partial charge is 0.238 e. The van der Waals surface area contributed by atoms with Crippen molar-refractivity contribution in [3.8, 4) is 22.6 Å². The molecule has 0 saturated heterocycles. The molecule has 0 radical (unpaired) electrons. The van der Waals surface area contributed by atoms with Crippen molar-refractivity contribution < 1.29 is 12.9 Å². The molecule has 0 atom stereocenters. The molecule has 0 bridgehead atoms. The third-order valence-corrected chi connectivity index (χ3v) is 5.11. The fraction of sp³-hybridized carbons (Fsp3) is 0. The number of hydrogen-bond acceptors (Lipinski definition) is 6. The number of rotatable bonds is 5. The van der Waals surface area contributed by atoms with Gasteiger partial charge in [-0.3, -0.25) is 0 Å². The van der Waals surface area contributed by atoms with Crippen LogP contribution < -0.4 is 5.14 Å². The second-order valence-corrected chi connectivity index (χ2v) is 7.74. The Balaban J connectivity index is 1.77. The second kappa shape index (κ2) is 7.78. The minimum Gasteiger partial charge on any atom is -0.353 e. The van der Waals surface area contributed by atoms with E-state index >= 15 is 0 Å². The molecule has 1 aromatic heterocycles. The zero-order valence-corrected chi connectivity index (χ0v) is 16.0. The zero-order chi connectivity index (χ0) is 20.3. The Labute approximate surface area is 167 Å². The van der Waals surface area contributed by atoms with E-state index in [9.17, 15) is 8.42 Å². The highest BCUT2D eigenvalue weighted by molar-refractivity contribution is 7.89. The van der Waals surface area contributed by atoms with Gasteiger partial charge in [0.25, 0.3) is 0 Å². The summed E-state index contributed by atoms with van der Waals surface area (Å²) >= 11 is 0. The van der Waals surface area contributed by atoms with Gasteiger partial charge >= 0.3 is 0 Å².